The van der Waals surface area contributed by atoms with E-state index in [2.05, 4.69) is 23.8 Å². The summed E-state index contributed by atoms with van der Waals surface area (Å²) < 4.78 is 8.29. The number of halogens is 1. The Morgan fingerprint density at radius 1 is 1.20 bits per heavy atom. The van der Waals surface area contributed by atoms with Crippen molar-refractivity contribution in [2.75, 3.05) is 38.2 Å². The molecule has 3 rings (SSSR count). The summed E-state index contributed by atoms with van der Waals surface area (Å²) in [6.07, 6.45) is 0. The molecule has 0 N–H and O–H groups in total. The van der Waals surface area contributed by atoms with Crippen LogP contribution < -0.4 is 9.64 Å². The van der Waals surface area contributed by atoms with E-state index in [1.54, 1.807) is 12.0 Å². The smallest absolute Gasteiger partial charge is 0.280 e. The Bertz CT molecular complexity index is 983. The van der Waals surface area contributed by atoms with Gasteiger partial charge < -0.3 is 9.64 Å². The Morgan fingerprint density at radius 3 is 2.53 bits per heavy atom. The third-order valence-corrected chi connectivity index (χ3v) is 6.14. The highest BCUT2D eigenvalue weighted by Crippen LogP contribution is 2.34. The van der Waals surface area contributed by atoms with Crippen LogP contribution in [0.25, 0.3) is 10.2 Å². The Kier molecular flexibility index (Phi) is 8.64. The van der Waals surface area contributed by atoms with Gasteiger partial charge in [0.15, 0.2) is 10.8 Å². The van der Waals surface area contributed by atoms with Gasteiger partial charge in [-0.1, -0.05) is 31.3 Å². The molecule has 0 spiro atoms. The van der Waals surface area contributed by atoms with Gasteiger partial charge >= 0.3 is 0 Å². The summed E-state index contributed by atoms with van der Waals surface area (Å²) in [5.41, 5.74) is 2.21. The lowest BCUT2D eigenvalue weighted by molar-refractivity contribution is 0.0978. The number of thiazole rings is 1. The number of carbonyl (C=O) groups excluding carboxylic acids is 1. The average molecular weight is 452 g/mol. The van der Waals surface area contributed by atoms with Gasteiger partial charge in [0.2, 0.25) is 0 Å². The van der Waals surface area contributed by atoms with Gasteiger partial charge in [0.25, 0.3) is 5.91 Å². The fourth-order valence-corrected chi connectivity index (χ4v) is 4.34. The SMILES string of the molecule is CCN(CC)CCN(C(=O)c1cc(C)n(CC)n1)c1nc2c(OC)cccc2s1.Cl. The number of rotatable bonds is 9. The molecule has 9 heteroatoms. The van der Waals surface area contributed by atoms with Crippen molar-refractivity contribution in [1.29, 1.82) is 0 Å². The summed E-state index contributed by atoms with van der Waals surface area (Å²) in [5.74, 6) is 0.595. The van der Waals surface area contributed by atoms with E-state index in [-0.39, 0.29) is 18.3 Å². The Labute approximate surface area is 188 Å². The molecule has 0 saturated carbocycles. The van der Waals surface area contributed by atoms with E-state index in [9.17, 15) is 4.79 Å². The van der Waals surface area contributed by atoms with E-state index in [4.69, 9.17) is 9.72 Å². The number of aromatic nitrogens is 3. The summed E-state index contributed by atoms with van der Waals surface area (Å²) >= 11 is 1.50. The Morgan fingerprint density at radius 2 is 1.93 bits per heavy atom. The molecule has 164 valence electrons. The molecule has 7 nitrogen and oxygen atoms in total. The van der Waals surface area contributed by atoms with Crippen molar-refractivity contribution >= 4 is 45.0 Å². The van der Waals surface area contributed by atoms with E-state index in [0.717, 1.165) is 42.1 Å². The lowest BCUT2D eigenvalue weighted by Crippen LogP contribution is -2.39. The van der Waals surface area contributed by atoms with Gasteiger partial charge in [0, 0.05) is 25.3 Å². The number of anilines is 1. The first-order chi connectivity index (χ1) is 14.0. The zero-order valence-corrected chi connectivity index (χ0v) is 19.8. The first kappa shape index (κ1) is 24.1. The van der Waals surface area contributed by atoms with Crippen LogP contribution in [-0.4, -0.2) is 58.9 Å². The largest absolute Gasteiger partial charge is 0.494 e. The number of ether oxygens (including phenoxy) is 1. The van der Waals surface area contributed by atoms with Gasteiger partial charge in [-0.15, -0.1) is 12.4 Å². The molecule has 0 bridgehead atoms. The molecule has 0 fully saturated rings. The third kappa shape index (κ3) is 4.94. The number of methoxy groups -OCH3 is 1. The second kappa shape index (κ2) is 10.7. The summed E-state index contributed by atoms with van der Waals surface area (Å²) in [7, 11) is 1.64. The lowest BCUT2D eigenvalue weighted by Gasteiger charge is -2.24. The van der Waals surface area contributed by atoms with Crippen molar-refractivity contribution in [2.45, 2.75) is 34.2 Å². The summed E-state index contributed by atoms with van der Waals surface area (Å²) in [6.45, 7) is 12.2. The number of amides is 1. The van der Waals surface area contributed by atoms with Crippen LogP contribution in [0.5, 0.6) is 5.75 Å². The number of hydrogen-bond acceptors (Lipinski definition) is 6. The van der Waals surface area contributed by atoms with Gasteiger partial charge in [-0.2, -0.15) is 5.10 Å². The maximum Gasteiger partial charge on any atom is 0.280 e. The molecular formula is C21H30ClN5O2S. The number of aryl methyl sites for hydroxylation is 2. The van der Waals surface area contributed by atoms with Crippen molar-refractivity contribution in [3.8, 4) is 5.75 Å². The van der Waals surface area contributed by atoms with Crippen LogP contribution in [-0.2, 0) is 6.54 Å². The monoisotopic (exact) mass is 451 g/mol. The van der Waals surface area contributed by atoms with Crippen molar-refractivity contribution < 1.29 is 9.53 Å². The molecule has 2 heterocycles. The van der Waals surface area contributed by atoms with Gasteiger partial charge in [-0.05, 0) is 45.1 Å². The molecule has 0 aliphatic heterocycles. The quantitative estimate of drug-likeness (QED) is 0.487. The molecular weight excluding hydrogens is 422 g/mol. The Balaban J connectivity index is 0.00000320. The molecule has 1 aromatic carbocycles. The molecule has 2 aromatic heterocycles. The van der Waals surface area contributed by atoms with E-state index in [0.29, 0.717) is 23.1 Å². The van der Waals surface area contributed by atoms with Crippen LogP contribution >= 0.6 is 23.7 Å². The van der Waals surface area contributed by atoms with Crippen LogP contribution in [0.2, 0.25) is 0 Å². The summed E-state index contributed by atoms with van der Waals surface area (Å²) in [4.78, 5) is 22.2. The van der Waals surface area contributed by atoms with Crippen molar-refractivity contribution in [2.24, 2.45) is 0 Å². The molecule has 30 heavy (non-hydrogen) atoms. The molecule has 3 aromatic rings. The molecule has 0 aliphatic carbocycles. The highest BCUT2D eigenvalue weighted by molar-refractivity contribution is 7.22. The van der Waals surface area contributed by atoms with Gasteiger partial charge in [-0.3, -0.25) is 14.4 Å². The van der Waals surface area contributed by atoms with Crippen molar-refractivity contribution in [3.05, 3.63) is 35.7 Å². The highest BCUT2D eigenvalue weighted by atomic mass is 35.5. The van der Waals surface area contributed by atoms with Crippen LogP contribution in [0.1, 0.15) is 37.0 Å². The van der Waals surface area contributed by atoms with Gasteiger partial charge in [0.05, 0.1) is 11.8 Å². The summed E-state index contributed by atoms with van der Waals surface area (Å²) in [5, 5.41) is 5.17. The second-order valence-corrected chi connectivity index (χ2v) is 7.78. The number of carbonyl (C=O) groups is 1. The summed E-state index contributed by atoms with van der Waals surface area (Å²) in [6, 6.07) is 7.68. The average Bonchev–Trinajstić information content (AvgIpc) is 3.33. The molecule has 0 saturated heterocycles. The van der Waals surface area contributed by atoms with Gasteiger partial charge in [-0.25, -0.2) is 4.98 Å². The first-order valence-electron chi connectivity index (χ1n) is 10.0. The van der Waals surface area contributed by atoms with Crippen molar-refractivity contribution in [1.82, 2.24) is 19.7 Å². The van der Waals surface area contributed by atoms with E-state index in [1.165, 1.54) is 11.3 Å². The predicted molar refractivity (Wildman–Crippen MR) is 126 cm³/mol. The molecule has 0 atom stereocenters. The lowest BCUT2D eigenvalue weighted by atomic mass is 10.3. The molecule has 1 amide bonds. The van der Waals surface area contributed by atoms with E-state index >= 15 is 0 Å². The zero-order valence-electron chi connectivity index (χ0n) is 18.2. The number of benzene rings is 1. The minimum Gasteiger partial charge on any atom is -0.494 e. The van der Waals surface area contributed by atoms with Crippen LogP contribution in [0.4, 0.5) is 5.13 Å². The fraction of sp³-hybridized carbons (Fsp3) is 0.476. The Hall–Kier alpha value is -2.16. The standard InChI is InChI=1S/C21H29N5O2S.ClH/c1-6-24(7-2)12-13-25(20(27)16-14-15(4)26(8-3)23-16)21-22-19-17(28-5)10-9-11-18(19)29-21;/h9-11,14H,6-8,12-13H2,1-5H3;1H. The molecule has 0 radical (unpaired) electrons. The number of hydrogen-bond donors (Lipinski definition) is 0. The fourth-order valence-electron chi connectivity index (χ4n) is 3.33. The number of para-hydroxylation sites is 1. The number of fused-ring (bicyclic) bond motifs is 1. The topological polar surface area (TPSA) is 63.5 Å². The van der Waals surface area contributed by atoms with Gasteiger partial charge in [0.1, 0.15) is 11.3 Å². The van der Waals surface area contributed by atoms with Crippen LogP contribution in [0, 0.1) is 6.92 Å². The third-order valence-electron chi connectivity index (χ3n) is 5.10. The van der Waals surface area contributed by atoms with Crippen molar-refractivity contribution in [3.63, 3.8) is 0 Å². The first-order valence-corrected chi connectivity index (χ1v) is 10.9. The minimum absolute atomic E-state index is 0. The predicted octanol–water partition coefficient (Wildman–Crippen LogP) is 4.24. The van der Waals surface area contributed by atoms with Crippen LogP contribution in [0.3, 0.4) is 0 Å². The molecule has 0 aliphatic rings. The molecule has 0 unspecified atom stereocenters. The number of nitrogens with zero attached hydrogens (tertiary/aromatic N) is 5. The number of likely N-dealkylation sites (N-methyl/N-ethyl adjacent to an activating group) is 1. The maximum absolute atomic E-state index is 13.4. The second-order valence-electron chi connectivity index (χ2n) is 6.77. The minimum atomic E-state index is -0.120. The van der Waals surface area contributed by atoms with E-state index in [1.807, 2.05) is 42.8 Å². The zero-order chi connectivity index (χ0) is 21.0. The normalized spacial score (nSPS) is 11.0. The highest BCUT2D eigenvalue weighted by Gasteiger charge is 2.25. The van der Waals surface area contributed by atoms with Crippen LogP contribution in [0.15, 0.2) is 24.3 Å². The van der Waals surface area contributed by atoms with E-state index < -0.39 is 0 Å². The maximum atomic E-state index is 13.4.